The third kappa shape index (κ3) is 4.15. The number of benzene rings is 1. The number of nitrogens with zero attached hydrogens (tertiary/aromatic N) is 2. The van der Waals surface area contributed by atoms with Gasteiger partial charge in [-0.25, -0.2) is 4.79 Å². The first-order chi connectivity index (χ1) is 16.0. The third-order valence-electron chi connectivity index (χ3n) is 7.90. The summed E-state index contributed by atoms with van der Waals surface area (Å²) >= 11 is 0. The highest BCUT2D eigenvalue weighted by molar-refractivity contribution is 6.83. The Morgan fingerprint density at radius 2 is 1.88 bits per heavy atom. The van der Waals surface area contributed by atoms with Crippen LogP contribution < -0.4 is 10.6 Å². The molecule has 1 aliphatic heterocycles. The number of carbonyl (C=O) groups is 2. The lowest BCUT2D eigenvalue weighted by Gasteiger charge is -2.48. The number of H-pyrrole nitrogens is 1. The summed E-state index contributed by atoms with van der Waals surface area (Å²) < 4.78 is 0. The van der Waals surface area contributed by atoms with Gasteiger partial charge in [0.05, 0.1) is 38.5 Å². The summed E-state index contributed by atoms with van der Waals surface area (Å²) in [6, 6.07) is 9.15. The molecule has 9 heteroatoms. The van der Waals surface area contributed by atoms with Crippen LogP contribution in [0.15, 0.2) is 30.3 Å². The van der Waals surface area contributed by atoms with Gasteiger partial charge in [0.15, 0.2) is 5.82 Å². The van der Waals surface area contributed by atoms with Crippen molar-refractivity contribution in [1.29, 1.82) is 0 Å². The second kappa shape index (κ2) is 8.85. The smallest absolute Gasteiger partial charge is 0.318 e. The normalized spacial score (nSPS) is 19.2. The average molecular weight is 484 g/mol. The predicted octanol–water partition coefficient (Wildman–Crippen LogP) is 3.97. The number of carbonyl (C=O) groups excluding carboxylic acids is 2. The highest BCUT2D eigenvalue weighted by Crippen LogP contribution is 2.56. The Morgan fingerprint density at radius 3 is 2.44 bits per heavy atom. The number of aromatic nitrogens is 2. The number of amides is 3. The molecule has 1 atom stereocenters. The minimum Gasteiger partial charge on any atom is -0.394 e. The van der Waals surface area contributed by atoms with Gasteiger partial charge in [-0.3, -0.25) is 9.89 Å². The summed E-state index contributed by atoms with van der Waals surface area (Å²) in [7, 11) is -1.71. The standard InChI is InChI=1S/C25H37N5O3Si/c1-24(2)20-19(21(29-28-20)27-22(32)25(12-9-13-25)34(3,4)5)15-30(24)23(33)26-18(16-31)14-17-10-7-6-8-11-17/h6-8,10-11,18,31H,9,12-16H2,1-5H3,(H,26,33)(H2,27,28,29,32). The van der Waals surface area contributed by atoms with Crippen LogP contribution in [0, 0.1) is 0 Å². The molecule has 1 aromatic heterocycles. The molecule has 0 radical (unpaired) electrons. The van der Waals surface area contributed by atoms with E-state index in [0.717, 1.165) is 36.1 Å². The van der Waals surface area contributed by atoms with Crippen LogP contribution in [-0.4, -0.2) is 52.9 Å². The third-order valence-corrected chi connectivity index (χ3v) is 11.5. The Bertz CT molecular complexity index is 1060. The number of hydrogen-bond acceptors (Lipinski definition) is 4. The van der Waals surface area contributed by atoms with Gasteiger partial charge < -0.3 is 20.6 Å². The van der Waals surface area contributed by atoms with E-state index in [0.29, 0.717) is 18.8 Å². The van der Waals surface area contributed by atoms with Crippen molar-refractivity contribution < 1.29 is 14.7 Å². The van der Waals surface area contributed by atoms with Crippen molar-refractivity contribution in [2.24, 2.45) is 0 Å². The van der Waals surface area contributed by atoms with E-state index in [9.17, 15) is 14.7 Å². The van der Waals surface area contributed by atoms with E-state index < -0.39 is 19.7 Å². The zero-order valence-corrected chi connectivity index (χ0v) is 21.9. The first-order valence-electron chi connectivity index (χ1n) is 12.1. The number of rotatable bonds is 7. The fourth-order valence-electron chi connectivity index (χ4n) is 5.33. The van der Waals surface area contributed by atoms with E-state index in [1.165, 1.54) is 0 Å². The first kappa shape index (κ1) is 24.5. The number of fused-ring (bicyclic) bond motifs is 1. The molecule has 0 spiro atoms. The Labute approximate surface area is 202 Å². The van der Waals surface area contributed by atoms with Crippen molar-refractivity contribution in [3.05, 3.63) is 47.2 Å². The van der Waals surface area contributed by atoms with Crippen molar-refractivity contribution in [1.82, 2.24) is 20.4 Å². The average Bonchev–Trinajstić information content (AvgIpc) is 3.24. The van der Waals surface area contributed by atoms with Gasteiger partial charge in [0.25, 0.3) is 0 Å². The van der Waals surface area contributed by atoms with Gasteiger partial charge in [-0.1, -0.05) is 56.4 Å². The molecule has 4 N–H and O–H groups in total. The molecule has 2 aliphatic rings. The largest absolute Gasteiger partial charge is 0.394 e. The summed E-state index contributed by atoms with van der Waals surface area (Å²) in [4.78, 5) is 28.3. The van der Waals surface area contributed by atoms with Crippen LogP contribution in [0.2, 0.25) is 24.7 Å². The topological polar surface area (TPSA) is 110 Å². The van der Waals surface area contributed by atoms with Gasteiger partial charge in [0.1, 0.15) is 0 Å². The highest BCUT2D eigenvalue weighted by atomic mass is 28.3. The fraction of sp³-hybridized carbons (Fsp3) is 0.560. The minimum absolute atomic E-state index is 0.0659. The summed E-state index contributed by atoms with van der Waals surface area (Å²) in [5.74, 6) is 0.590. The summed E-state index contributed by atoms with van der Waals surface area (Å²) in [5.41, 5.74) is 2.10. The molecular weight excluding hydrogens is 446 g/mol. The second-order valence-corrected chi connectivity index (χ2v) is 16.7. The van der Waals surface area contributed by atoms with Gasteiger partial charge in [-0.15, -0.1) is 0 Å². The van der Waals surface area contributed by atoms with Crippen LogP contribution in [-0.2, 0) is 23.3 Å². The molecule has 2 aromatic rings. The molecule has 2 heterocycles. The van der Waals surface area contributed by atoms with Gasteiger partial charge in [-0.2, -0.15) is 5.10 Å². The second-order valence-electron chi connectivity index (χ2n) is 11.2. The van der Waals surface area contributed by atoms with Crippen LogP contribution in [0.5, 0.6) is 0 Å². The molecule has 1 fully saturated rings. The number of aliphatic hydroxyl groups is 1. The summed E-state index contributed by atoms with van der Waals surface area (Å²) in [6.45, 7) is 10.9. The number of hydrogen-bond donors (Lipinski definition) is 4. The highest BCUT2D eigenvalue weighted by Gasteiger charge is 2.54. The molecule has 3 amide bonds. The maximum atomic E-state index is 13.3. The molecule has 1 aromatic carbocycles. The molecule has 1 unspecified atom stereocenters. The van der Waals surface area contributed by atoms with Crippen molar-refractivity contribution in [2.75, 3.05) is 11.9 Å². The number of aromatic amines is 1. The summed E-state index contributed by atoms with van der Waals surface area (Å²) in [5, 5.41) is 23.2. The van der Waals surface area contributed by atoms with E-state index in [4.69, 9.17) is 0 Å². The summed E-state index contributed by atoms with van der Waals surface area (Å²) in [6.07, 6.45) is 3.51. The zero-order chi connectivity index (χ0) is 24.7. The SMILES string of the molecule is CC1(C)c2[nH]nc(NC(=O)C3([Si](C)(C)C)CCC3)c2CN1C(=O)NC(CO)Cc1ccccc1. The van der Waals surface area contributed by atoms with Crippen LogP contribution in [0.25, 0.3) is 0 Å². The van der Waals surface area contributed by atoms with Gasteiger partial charge in [0, 0.05) is 10.6 Å². The maximum Gasteiger partial charge on any atom is 0.318 e. The number of aliphatic hydroxyl groups excluding tert-OH is 1. The molecular formula is C25H37N5O3Si. The van der Waals surface area contributed by atoms with E-state index >= 15 is 0 Å². The Balaban J connectivity index is 1.48. The van der Waals surface area contributed by atoms with Crippen molar-refractivity contribution in [3.63, 3.8) is 0 Å². The quantitative estimate of drug-likeness (QED) is 0.447. The van der Waals surface area contributed by atoms with E-state index in [-0.39, 0.29) is 23.6 Å². The lowest BCUT2D eigenvalue weighted by molar-refractivity contribution is -0.121. The Kier molecular flexibility index (Phi) is 6.37. The first-order valence-corrected chi connectivity index (χ1v) is 15.6. The molecule has 34 heavy (non-hydrogen) atoms. The number of nitrogens with one attached hydrogen (secondary N) is 3. The minimum atomic E-state index is -1.71. The zero-order valence-electron chi connectivity index (χ0n) is 20.9. The monoisotopic (exact) mass is 483 g/mol. The maximum absolute atomic E-state index is 13.3. The molecule has 1 saturated carbocycles. The van der Waals surface area contributed by atoms with Crippen LogP contribution in [0.3, 0.4) is 0 Å². The van der Waals surface area contributed by atoms with Crippen LogP contribution in [0.4, 0.5) is 10.6 Å². The molecule has 0 bridgehead atoms. The molecule has 0 saturated heterocycles. The lowest BCUT2D eigenvalue weighted by atomic mass is 9.83. The van der Waals surface area contributed by atoms with E-state index in [1.54, 1.807) is 4.90 Å². The van der Waals surface area contributed by atoms with Gasteiger partial charge in [0.2, 0.25) is 5.91 Å². The van der Waals surface area contributed by atoms with E-state index in [1.807, 2.05) is 44.2 Å². The van der Waals surface area contributed by atoms with Gasteiger partial charge in [-0.05, 0) is 38.7 Å². The van der Waals surface area contributed by atoms with Crippen LogP contribution >= 0.6 is 0 Å². The van der Waals surface area contributed by atoms with Crippen molar-refractivity contribution in [3.8, 4) is 0 Å². The van der Waals surface area contributed by atoms with Crippen LogP contribution in [0.1, 0.15) is 49.9 Å². The molecule has 8 nitrogen and oxygen atoms in total. The van der Waals surface area contributed by atoms with Crippen molar-refractivity contribution >= 4 is 25.8 Å². The Morgan fingerprint density at radius 1 is 1.21 bits per heavy atom. The van der Waals surface area contributed by atoms with E-state index in [2.05, 4.69) is 40.5 Å². The van der Waals surface area contributed by atoms with Gasteiger partial charge >= 0.3 is 6.03 Å². The molecule has 4 rings (SSSR count). The molecule has 1 aliphatic carbocycles. The molecule has 184 valence electrons. The number of anilines is 1. The Hall–Kier alpha value is -2.65. The van der Waals surface area contributed by atoms with Crippen molar-refractivity contribution in [2.45, 2.75) is 82.3 Å². The lowest BCUT2D eigenvalue weighted by Crippen LogP contribution is -2.52. The predicted molar refractivity (Wildman–Crippen MR) is 135 cm³/mol. The fourth-order valence-corrected chi connectivity index (χ4v) is 7.93. The number of urea groups is 1.